The SMILES string of the molecule is CC(c1ccc(F)cc1)C1C=NC=C(CC2CCN(S(=O)(=O)c3cnc(N4CCN(C)CC4)s3)CC2)CC1. The van der Waals surface area contributed by atoms with Crippen molar-refractivity contribution < 1.29 is 12.8 Å². The molecule has 4 heterocycles. The molecule has 0 N–H and O–H groups in total. The van der Waals surface area contributed by atoms with Gasteiger partial charge in [0.2, 0.25) is 0 Å². The fraction of sp³-hybridized carbons (Fsp3) is 0.571. The Hall–Kier alpha value is -2.14. The lowest BCUT2D eigenvalue weighted by Crippen LogP contribution is -2.44. The van der Waals surface area contributed by atoms with Crippen molar-refractivity contribution in [2.75, 3.05) is 51.2 Å². The molecule has 2 unspecified atom stereocenters. The van der Waals surface area contributed by atoms with Gasteiger partial charge in [-0.25, -0.2) is 17.8 Å². The van der Waals surface area contributed by atoms with E-state index in [9.17, 15) is 12.8 Å². The third-order valence-corrected chi connectivity index (χ3v) is 11.7. The van der Waals surface area contributed by atoms with Crippen molar-refractivity contribution in [2.45, 2.75) is 49.2 Å². The van der Waals surface area contributed by atoms with Gasteiger partial charge in [-0.3, -0.25) is 4.99 Å². The van der Waals surface area contributed by atoms with Crippen molar-refractivity contribution in [2.24, 2.45) is 16.8 Å². The predicted molar refractivity (Wildman–Crippen MR) is 152 cm³/mol. The zero-order chi connectivity index (χ0) is 26.7. The first-order valence-electron chi connectivity index (χ1n) is 13.7. The first-order chi connectivity index (χ1) is 18.3. The molecule has 206 valence electrons. The summed E-state index contributed by atoms with van der Waals surface area (Å²) in [6.07, 6.45) is 10.3. The maximum absolute atomic E-state index is 13.3. The van der Waals surface area contributed by atoms with Gasteiger partial charge in [-0.1, -0.05) is 36.0 Å². The van der Waals surface area contributed by atoms with E-state index in [1.54, 1.807) is 4.31 Å². The number of aliphatic imine (C=N–C) groups is 1. The molecule has 0 amide bonds. The summed E-state index contributed by atoms with van der Waals surface area (Å²) in [4.78, 5) is 13.5. The average molecular weight is 560 g/mol. The molecule has 38 heavy (non-hydrogen) atoms. The standard InChI is InChI=1S/C28H38FN5O2S2/c1-21(24-5-7-26(29)8-6-24)25-4-3-23(18-30-19-25)17-22-9-11-34(12-10-22)38(35,36)27-20-31-28(37-27)33-15-13-32(2)14-16-33/h5-8,18-22,25H,3-4,9-17H2,1-2H3. The molecule has 0 aliphatic carbocycles. The molecule has 1 aromatic carbocycles. The summed E-state index contributed by atoms with van der Waals surface area (Å²) in [5.74, 6) is 0.859. The highest BCUT2D eigenvalue weighted by molar-refractivity contribution is 7.91. The molecule has 2 saturated heterocycles. The van der Waals surface area contributed by atoms with Gasteiger partial charge >= 0.3 is 0 Å². The zero-order valence-electron chi connectivity index (χ0n) is 22.3. The van der Waals surface area contributed by atoms with Crippen LogP contribution in [0.3, 0.4) is 0 Å². The Labute approximate surface area is 230 Å². The minimum atomic E-state index is -3.51. The molecule has 0 radical (unpaired) electrons. The molecular weight excluding hydrogens is 521 g/mol. The summed E-state index contributed by atoms with van der Waals surface area (Å²) in [6, 6.07) is 6.79. The smallest absolute Gasteiger partial charge is 0.254 e. The van der Waals surface area contributed by atoms with Crippen molar-refractivity contribution in [3.05, 3.63) is 53.6 Å². The van der Waals surface area contributed by atoms with Gasteiger partial charge in [0.15, 0.2) is 9.34 Å². The number of sulfonamides is 1. The van der Waals surface area contributed by atoms with E-state index < -0.39 is 10.0 Å². The summed E-state index contributed by atoms with van der Waals surface area (Å²) in [7, 11) is -1.41. The molecule has 7 nitrogen and oxygen atoms in total. The Morgan fingerprint density at radius 2 is 1.76 bits per heavy atom. The molecule has 5 rings (SSSR count). The number of likely N-dealkylation sites (N-methyl/N-ethyl adjacent to an activating group) is 1. The summed E-state index contributed by atoms with van der Waals surface area (Å²) < 4.78 is 42.0. The topological polar surface area (TPSA) is 69.1 Å². The summed E-state index contributed by atoms with van der Waals surface area (Å²) >= 11 is 1.30. The number of aromatic nitrogens is 1. The summed E-state index contributed by atoms with van der Waals surface area (Å²) in [5, 5.41) is 0.805. The normalized spacial score (nSPS) is 23.3. The van der Waals surface area contributed by atoms with Crippen LogP contribution in [0.4, 0.5) is 9.52 Å². The van der Waals surface area contributed by atoms with E-state index in [1.807, 2.05) is 24.5 Å². The highest BCUT2D eigenvalue weighted by Gasteiger charge is 2.32. The van der Waals surface area contributed by atoms with Crippen molar-refractivity contribution in [1.29, 1.82) is 0 Å². The molecule has 0 saturated carbocycles. The third-order valence-electron chi connectivity index (χ3n) is 8.34. The van der Waals surface area contributed by atoms with Crippen LogP contribution in [-0.4, -0.2) is 75.1 Å². The molecule has 1 aromatic heterocycles. The predicted octanol–water partition coefficient (Wildman–Crippen LogP) is 4.99. The number of hydrogen-bond donors (Lipinski definition) is 0. The van der Waals surface area contributed by atoms with E-state index in [-0.39, 0.29) is 11.7 Å². The monoisotopic (exact) mass is 559 g/mol. The van der Waals surface area contributed by atoms with E-state index in [0.29, 0.717) is 29.1 Å². The number of piperidine rings is 1. The first kappa shape index (κ1) is 27.4. The van der Waals surface area contributed by atoms with Crippen molar-refractivity contribution in [3.8, 4) is 0 Å². The van der Waals surface area contributed by atoms with Gasteiger partial charge in [-0.2, -0.15) is 4.31 Å². The molecular formula is C28H38FN5O2S2. The highest BCUT2D eigenvalue weighted by Crippen LogP contribution is 2.35. The first-order valence-corrected chi connectivity index (χ1v) is 15.9. The quantitative estimate of drug-likeness (QED) is 0.478. The minimum Gasteiger partial charge on any atom is -0.345 e. The summed E-state index contributed by atoms with van der Waals surface area (Å²) in [6.45, 7) is 6.96. The Kier molecular flexibility index (Phi) is 8.62. The number of hydrogen-bond acceptors (Lipinski definition) is 7. The fourth-order valence-electron chi connectivity index (χ4n) is 5.66. The van der Waals surface area contributed by atoms with Crippen LogP contribution in [0.15, 0.2) is 51.4 Å². The van der Waals surface area contributed by atoms with Crippen LogP contribution in [0, 0.1) is 17.7 Å². The second kappa shape index (κ2) is 11.9. The van der Waals surface area contributed by atoms with Gasteiger partial charge in [0.25, 0.3) is 10.0 Å². The fourth-order valence-corrected chi connectivity index (χ4v) is 8.46. The average Bonchev–Trinajstić information content (AvgIpc) is 3.31. The van der Waals surface area contributed by atoms with E-state index in [4.69, 9.17) is 0 Å². The van der Waals surface area contributed by atoms with Crippen molar-refractivity contribution >= 4 is 32.7 Å². The van der Waals surface area contributed by atoms with Crippen LogP contribution >= 0.6 is 11.3 Å². The number of halogens is 1. The second-order valence-corrected chi connectivity index (χ2v) is 14.1. The second-order valence-electron chi connectivity index (χ2n) is 10.9. The number of allylic oxidation sites excluding steroid dienone is 1. The number of thiazole rings is 1. The lowest BCUT2D eigenvalue weighted by Gasteiger charge is -2.32. The molecule has 2 atom stereocenters. The van der Waals surface area contributed by atoms with Gasteiger partial charge in [-0.05, 0) is 68.7 Å². The van der Waals surface area contributed by atoms with Gasteiger partial charge < -0.3 is 9.80 Å². The van der Waals surface area contributed by atoms with E-state index in [0.717, 1.165) is 69.0 Å². The van der Waals surface area contributed by atoms with Crippen LogP contribution < -0.4 is 4.90 Å². The molecule has 10 heteroatoms. The van der Waals surface area contributed by atoms with Gasteiger partial charge in [0.1, 0.15) is 5.82 Å². The minimum absolute atomic E-state index is 0.208. The molecule has 2 fully saturated rings. The van der Waals surface area contributed by atoms with Crippen LogP contribution in [0.1, 0.15) is 50.5 Å². The largest absolute Gasteiger partial charge is 0.345 e. The Bertz CT molecular complexity index is 1240. The van der Waals surface area contributed by atoms with Crippen LogP contribution in [-0.2, 0) is 10.0 Å². The van der Waals surface area contributed by atoms with E-state index in [2.05, 4.69) is 33.7 Å². The number of nitrogens with zero attached hydrogens (tertiary/aromatic N) is 5. The molecule has 2 aromatic rings. The highest BCUT2D eigenvalue weighted by atomic mass is 32.2. The molecule has 0 spiro atoms. The number of rotatable bonds is 7. The Morgan fingerprint density at radius 3 is 2.47 bits per heavy atom. The Balaban J connectivity index is 1.11. The lowest BCUT2D eigenvalue weighted by molar-refractivity contribution is 0.271. The van der Waals surface area contributed by atoms with Gasteiger partial charge in [0.05, 0.1) is 6.20 Å². The molecule has 3 aliphatic rings. The van der Waals surface area contributed by atoms with E-state index >= 15 is 0 Å². The third kappa shape index (κ3) is 6.35. The molecule has 3 aliphatic heterocycles. The van der Waals surface area contributed by atoms with Crippen LogP contribution in [0.2, 0.25) is 0 Å². The maximum atomic E-state index is 13.3. The zero-order valence-corrected chi connectivity index (χ0v) is 23.9. The van der Waals surface area contributed by atoms with Gasteiger partial charge in [-0.15, -0.1) is 0 Å². The lowest BCUT2D eigenvalue weighted by atomic mass is 9.83. The van der Waals surface area contributed by atoms with Gasteiger partial charge in [0, 0.05) is 57.6 Å². The molecule has 0 bridgehead atoms. The van der Waals surface area contributed by atoms with Crippen molar-refractivity contribution in [1.82, 2.24) is 14.2 Å². The summed E-state index contributed by atoms with van der Waals surface area (Å²) in [5.41, 5.74) is 2.48. The number of anilines is 1. The Morgan fingerprint density at radius 1 is 1.05 bits per heavy atom. The van der Waals surface area contributed by atoms with E-state index in [1.165, 1.54) is 35.2 Å². The van der Waals surface area contributed by atoms with Crippen molar-refractivity contribution in [3.63, 3.8) is 0 Å². The number of piperazine rings is 1. The maximum Gasteiger partial charge on any atom is 0.254 e. The van der Waals surface area contributed by atoms with Crippen LogP contribution in [0.5, 0.6) is 0 Å². The number of benzene rings is 1. The van der Waals surface area contributed by atoms with Crippen LogP contribution in [0.25, 0.3) is 0 Å².